The molecule has 0 bridgehead atoms. The van der Waals surface area contributed by atoms with Gasteiger partial charge in [0.15, 0.2) is 0 Å². The predicted octanol–water partition coefficient (Wildman–Crippen LogP) is 0.133. The molecule has 0 amide bonds. The molecule has 0 atom stereocenters. The summed E-state index contributed by atoms with van der Waals surface area (Å²) in [6, 6.07) is 0. The third-order valence-corrected chi connectivity index (χ3v) is 1.73. The van der Waals surface area contributed by atoms with Gasteiger partial charge in [0.25, 0.3) is 0 Å². The lowest BCUT2D eigenvalue weighted by Gasteiger charge is -2.07. The van der Waals surface area contributed by atoms with Gasteiger partial charge in [0.05, 0.1) is 6.54 Å². The van der Waals surface area contributed by atoms with Crippen molar-refractivity contribution in [3.63, 3.8) is 0 Å². The Morgan fingerprint density at radius 3 is 3.07 bits per heavy atom. The van der Waals surface area contributed by atoms with Gasteiger partial charge in [-0.05, 0) is 11.6 Å². The fraction of sp³-hybridized carbons (Fsp3) is 0.300. The number of nitrogens with two attached hydrogens (primary N) is 1. The first-order chi connectivity index (χ1) is 6.76. The van der Waals surface area contributed by atoms with Crippen molar-refractivity contribution in [2.45, 2.75) is 6.42 Å². The van der Waals surface area contributed by atoms with E-state index in [2.05, 4.69) is 0 Å². The summed E-state index contributed by atoms with van der Waals surface area (Å²) < 4.78 is 4.80. The largest absolute Gasteiger partial charge is 0.460 e. The van der Waals surface area contributed by atoms with Crippen LogP contribution in [0.1, 0.15) is 6.42 Å². The number of ether oxygens (including phenoxy) is 1. The molecule has 0 radical (unpaired) electrons. The molecule has 0 spiro atoms. The van der Waals surface area contributed by atoms with E-state index in [4.69, 9.17) is 10.5 Å². The van der Waals surface area contributed by atoms with Crippen molar-refractivity contribution in [3.8, 4) is 0 Å². The molecule has 14 heavy (non-hydrogen) atoms. The Morgan fingerprint density at radius 1 is 1.64 bits per heavy atom. The minimum absolute atomic E-state index is 0.132. The third kappa shape index (κ3) is 3.01. The highest BCUT2D eigenvalue weighted by Gasteiger charge is 2.05. The molecule has 1 aliphatic rings. The van der Waals surface area contributed by atoms with Gasteiger partial charge in [-0.1, -0.05) is 12.2 Å². The molecule has 4 heteroatoms. The fourth-order valence-electron chi connectivity index (χ4n) is 1.05. The highest BCUT2D eigenvalue weighted by Crippen LogP contribution is 2.13. The molecule has 0 saturated carbocycles. The van der Waals surface area contributed by atoms with Crippen molar-refractivity contribution in [2.24, 2.45) is 5.73 Å². The third-order valence-electron chi connectivity index (χ3n) is 1.73. The van der Waals surface area contributed by atoms with Crippen LogP contribution in [0.2, 0.25) is 0 Å². The number of hydrogen-bond donors (Lipinski definition) is 1. The molecule has 0 aromatic heterocycles. The Labute approximate surface area is 81.7 Å². The molecule has 1 aliphatic carbocycles. The number of rotatable bonds is 3. The average molecular weight is 193 g/mol. The summed E-state index contributed by atoms with van der Waals surface area (Å²) in [5, 5.41) is 0. The van der Waals surface area contributed by atoms with Crippen LogP contribution in [0.25, 0.3) is 0 Å². The van der Waals surface area contributed by atoms with Gasteiger partial charge in [0.2, 0.25) is 0 Å². The molecule has 4 nitrogen and oxygen atoms in total. The van der Waals surface area contributed by atoms with E-state index in [0.29, 0.717) is 12.0 Å². The SMILES string of the molecule is NCC(=O)OCC1=CC(=C=O)CC=C1. The van der Waals surface area contributed by atoms with E-state index >= 15 is 0 Å². The normalized spacial score (nSPS) is 14.6. The number of allylic oxidation sites excluding steroid dienone is 3. The average Bonchev–Trinajstić information content (AvgIpc) is 2.26. The number of hydrogen-bond acceptors (Lipinski definition) is 4. The number of esters is 1. The van der Waals surface area contributed by atoms with E-state index in [1.807, 2.05) is 18.1 Å². The van der Waals surface area contributed by atoms with E-state index in [1.54, 1.807) is 6.08 Å². The van der Waals surface area contributed by atoms with Gasteiger partial charge in [-0.25, -0.2) is 4.79 Å². The molecular weight excluding hydrogens is 182 g/mol. The zero-order valence-corrected chi connectivity index (χ0v) is 7.66. The minimum atomic E-state index is -0.457. The minimum Gasteiger partial charge on any atom is -0.460 e. The van der Waals surface area contributed by atoms with Crippen LogP contribution in [0.5, 0.6) is 0 Å². The monoisotopic (exact) mass is 193 g/mol. The molecule has 0 aliphatic heterocycles. The Kier molecular flexibility index (Phi) is 3.85. The van der Waals surface area contributed by atoms with Gasteiger partial charge >= 0.3 is 5.97 Å². The van der Waals surface area contributed by atoms with E-state index in [9.17, 15) is 9.59 Å². The van der Waals surface area contributed by atoms with Crippen molar-refractivity contribution in [1.29, 1.82) is 0 Å². The Bertz CT molecular complexity index is 335. The van der Waals surface area contributed by atoms with Crippen LogP contribution >= 0.6 is 0 Å². The second-order valence-corrected chi connectivity index (χ2v) is 2.82. The maximum absolute atomic E-state index is 10.7. The van der Waals surface area contributed by atoms with Crippen molar-refractivity contribution in [1.82, 2.24) is 0 Å². The standard InChI is InChI=1S/C10H11NO3/c11-5-10(13)14-7-9-3-1-2-8(4-9)6-12/h1,3-4H,2,5,7,11H2. The molecule has 1 rings (SSSR count). The van der Waals surface area contributed by atoms with Crippen LogP contribution in [0.15, 0.2) is 29.4 Å². The number of carbonyl (C=O) groups excluding carboxylic acids is 2. The highest BCUT2D eigenvalue weighted by atomic mass is 16.5. The van der Waals surface area contributed by atoms with Crippen LogP contribution in [0.3, 0.4) is 0 Å². The zero-order valence-electron chi connectivity index (χ0n) is 7.66. The van der Waals surface area contributed by atoms with Gasteiger partial charge < -0.3 is 10.5 Å². The smallest absolute Gasteiger partial charge is 0.320 e. The lowest BCUT2D eigenvalue weighted by Crippen LogP contribution is -2.17. The summed E-state index contributed by atoms with van der Waals surface area (Å²) in [4.78, 5) is 21.1. The maximum atomic E-state index is 10.7. The first-order valence-corrected chi connectivity index (χ1v) is 4.23. The molecule has 0 unspecified atom stereocenters. The van der Waals surface area contributed by atoms with Gasteiger partial charge in [-0.3, -0.25) is 4.79 Å². The molecule has 2 N–H and O–H groups in total. The van der Waals surface area contributed by atoms with E-state index in [-0.39, 0.29) is 13.2 Å². The van der Waals surface area contributed by atoms with E-state index in [1.165, 1.54) is 0 Å². The Balaban J connectivity index is 2.53. The van der Waals surface area contributed by atoms with Crippen LogP contribution < -0.4 is 5.73 Å². The maximum Gasteiger partial charge on any atom is 0.320 e. The van der Waals surface area contributed by atoms with Crippen LogP contribution in [0, 0.1) is 0 Å². The summed E-state index contributed by atoms with van der Waals surface area (Å²) in [6.45, 7) is 0.0189. The van der Waals surface area contributed by atoms with Crippen molar-refractivity contribution in [3.05, 3.63) is 29.4 Å². The summed E-state index contributed by atoms with van der Waals surface area (Å²) in [5.41, 5.74) is 6.40. The molecule has 0 aromatic rings. The highest BCUT2D eigenvalue weighted by molar-refractivity contribution is 5.71. The van der Waals surface area contributed by atoms with Crippen LogP contribution in [0.4, 0.5) is 0 Å². The van der Waals surface area contributed by atoms with E-state index < -0.39 is 5.97 Å². The molecule has 74 valence electrons. The Hall–Kier alpha value is -1.64. The van der Waals surface area contributed by atoms with Crippen molar-refractivity contribution >= 4 is 11.9 Å². The summed E-state index contributed by atoms with van der Waals surface area (Å²) in [6.07, 6.45) is 5.88. The van der Waals surface area contributed by atoms with Crippen molar-refractivity contribution < 1.29 is 14.3 Å². The fourth-order valence-corrected chi connectivity index (χ4v) is 1.05. The molecule has 0 saturated heterocycles. The lowest BCUT2D eigenvalue weighted by atomic mass is 10.0. The number of carbonyl (C=O) groups is 1. The summed E-state index contributed by atoms with van der Waals surface area (Å²) >= 11 is 0. The zero-order chi connectivity index (χ0) is 10.4. The summed E-state index contributed by atoms with van der Waals surface area (Å²) in [7, 11) is 0. The summed E-state index contributed by atoms with van der Waals surface area (Å²) in [5.74, 6) is 1.35. The molecule has 0 aromatic carbocycles. The second kappa shape index (κ2) is 5.17. The molecule has 0 heterocycles. The first kappa shape index (κ1) is 10.4. The lowest BCUT2D eigenvalue weighted by molar-refractivity contribution is -0.140. The van der Waals surface area contributed by atoms with Crippen LogP contribution in [-0.4, -0.2) is 25.1 Å². The molecule has 0 fully saturated rings. The molecular formula is C10H11NO3. The van der Waals surface area contributed by atoms with Gasteiger partial charge in [-0.15, -0.1) is 0 Å². The Morgan fingerprint density at radius 2 is 2.43 bits per heavy atom. The second-order valence-electron chi connectivity index (χ2n) is 2.82. The first-order valence-electron chi connectivity index (χ1n) is 4.23. The predicted molar refractivity (Wildman–Crippen MR) is 51.1 cm³/mol. The quantitative estimate of drug-likeness (QED) is 0.511. The van der Waals surface area contributed by atoms with Gasteiger partial charge in [0, 0.05) is 12.0 Å². The van der Waals surface area contributed by atoms with Gasteiger partial charge in [0.1, 0.15) is 12.5 Å². The van der Waals surface area contributed by atoms with E-state index in [0.717, 1.165) is 5.57 Å². The van der Waals surface area contributed by atoms with Crippen molar-refractivity contribution in [2.75, 3.05) is 13.2 Å². The van der Waals surface area contributed by atoms with Crippen LogP contribution in [-0.2, 0) is 14.3 Å². The van der Waals surface area contributed by atoms with Gasteiger partial charge in [-0.2, -0.15) is 0 Å². The topological polar surface area (TPSA) is 69.4 Å².